The summed E-state index contributed by atoms with van der Waals surface area (Å²) in [6, 6.07) is 3.44. The number of phenolic OH excluding ortho intramolecular Hbond substituents is 1. The standard InChI is InChI=1S/C16H20N4O3/c1-10-4-12(5-11(2)14(10)21)17-15(22)13-6-20(19-18-13)7-16(3)8-23-9-16/h4-6,21H,7-9H2,1-3H3,(H,17,22). The zero-order valence-electron chi connectivity index (χ0n) is 13.5. The molecule has 0 radical (unpaired) electrons. The Labute approximate surface area is 134 Å². The maximum Gasteiger partial charge on any atom is 0.277 e. The van der Waals surface area contributed by atoms with Gasteiger partial charge in [0, 0.05) is 11.1 Å². The number of benzene rings is 1. The summed E-state index contributed by atoms with van der Waals surface area (Å²) in [6.07, 6.45) is 1.64. The number of nitrogens with one attached hydrogen (secondary N) is 1. The van der Waals surface area contributed by atoms with Gasteiger partial charge in [0.15, 0.2) is 5.69 Å². The lowest BCUT2D eigenvalue weighted by Crippen LogP contribution is -2.43. The topological polar surface area (TPSA) is 89.3 Å². The fraction of sp³-hybridized carbons (Fsp3) is 0.438. The molecule has 1 aromatic carbocycles. The molecule has 1 aliphatic heterocycles. The number of carbonyl (C=O) groups is 1. The van der Waals surface area contributed by atoms with E-state index in [1.807, 2.05) is 0 Å². The van der Waals surface area contributed by atoms with E-state index in [-0.39, 0.29) is 22.8 Å². The van der Waals surface area contributed by atoms with E-state index in [0.717, 1.165) is 0 Å². The molecule has 1 saturated heterocycles. The molecule has 7 heteroatoms. The van der Waals surface area contributed by atoms with Crippen LogP contribution in [0.2, 0.25) is 0 Å². The predicted molar refractivity (Wildman–Crippen MR) is 84.5 cm³/mol. The first-order chi connectivity index (χ1) is 10.9. The number of carbonyl (C=O) groups excluding carboxylic acids is 1. The molecular weight excluding hydrogens is 296 g/mol. The lowest BCUT2D eigenvalue weighted by Gasteiger charge is -2.37. The molecule has 2 aromatic rings. The van der Waals surface area contributed by atoms with Crippen LogP contribution in [0.15, 0.2) is 18.3 Å². The minimum absolute atomic E-state index is 0.0621. The monoisotopic (exact) mass is 316 g/mol. The number of phenols is 1. The van der Waals surface area contributed by atoms with Crippen molar-refractivity contribution in [3.63, 3.8) is 0 Å². The van der Waals surface area contributed by atoms with Gasteiger partial charge in [-0.1, -0.05) is 12.1 Å². The number of nitrogens with zero attached hydrogens (tertiary/aromatic N) is 3. The van der Waals surface area contributed by atoms with Crippen LogP contribution in [-0.2, 0) is 11.3 Å². The number of ether oxygens (including phenoxy) is 1. The Morgan fingerprint density at radius 1 is 1.39 bits per heavy atom. The van der Waals surface area contributed by atoms with Crippen molar-refractivity contribution >= 4 is 11.6 Å². The Balaban J connectivity index is 1.70. The number of amides is 1. The number of rotatable bonds is 4. The maximum atomic E-state index is 12.3. The van der Waals surface area contributed by atoms with E-state index in [9.17, 15) is 9.90 Å². The van der Waals surface area contributed by atoms with Crippen molar-refractivity contribution in [1.82, 2.24) is 15.0 Å². The van der Waals surface area contributed by atoms with E-state index in [4.69, 9.17) is 4.74 Å². The molecule has 7 nitrogen and oxygen atoms in total. The lowest BCUT2D eigenvalue weighted by molar-refractivity contribution is -0.111. The van der Waals surface area contributed by atoms with Crippen LogP contribution in [-0.4, -0.2) is 39.2 Å². The molecule has 0 atom stereocenters. The van der Waals surface area contributed by atoms with Gasteiger partial charge in [-0.3, -0.25) is 9.48 Å². The second kappa shape index (κ2) is 5.66. The van der Waals surface area contributed by atoms with Gasteiger partial charge in [0.2, 0.25) is 0 Å². The van der Waals surface area contributed by atoms with E-state index >= 15 is 0 Å². The van der Waals surface area contributed by atoms with E-state index in [2.05, 4.69) is 22.6 Å². The molecule has 0 unspecified atom stereocenters. The third kappa shape index (κ3) is 3.19. The summed E-state index contributed by atoms with van der Waals surface area (Å²) in [7, 11) is 0. The minimum atomic E-state index is -0.323. The van der Waals surface area contributed by atoms with Crippen molar-refractivity contribution in [2.75, 3.05) is 18.5 Å². The average Bonchev–Trinajstić information content (AvgIpc) is 2.91. The second-order valence-electron chi connectivity index (χ2n) is 6.52. The summed E-state index contributed by atoms with van der Waals surface area (Å²) in [4.78, 5) is 12.3. The van der Waals surface area contributed by atoms with Crippen LogP contribution >= 0.6 is 0 Å². The van der Waals surface area contributed by atoms with Gasteiger partial charge in [-0.25, -0.2) is 0 Å². The molecule has 122 valence electrons. The molecule has 3 rings (SSSR count). The number of anilines is 1. The number of aryl methyl sites for hydroxylation is 2. The third-order valence-electron chi connectivity index (χ3n) is 3.96. The highest BCUT2D eigenvalue weighted by atomic mass is 16.5. The maximum absolute atomic E-state index is 12.3. The number of hydrogen-bond donors (Lipinski definition) is 2. The summed E-state index contributed by atoms with van der Waals surface area (Å²) < 4.78 is 6.89. The molecule has 1 amide bonds. The molecule has 23 heavy (non-hydrogen) atoms. The van der Waals surface area contributed by atoms with Crippen molar-refractivity contribution in [1.29, 1.82) is 0 Å². The first kappa shape index (κ1) is 15.5. The molecule has 1 fully saturated rings. The van der Waals surface area contributed by atoms with E-state index in [1.165, 1.54) is 0 Å². The van der Waals surface area contributed by atoms with Crippen molar-refractivity contribution in [2.24, 2.45) is 5.41 Å². The highest BCUT2D eigenvalue weighted by molar-refractivity contribution is 6.02. The molecule has 2 N–H and O–H groups in total. The summed E-state index contributed by atoms with van der Waals surface area (Å²) in [5.41, 5.74) is 2.37. The SMILES string of the molecule is Cc1cc(NC(=O)c2cn(CC3(C)COC3)nn2)cc(C)c1O. The Bertz CT molecular complexity index is 727. The first-order valence-electron chi connectivity index (χ1n) is 7.46. The molecule has 0 spiro atoms. The van der Waals surface area contributed by atoms with Crippen molar-refractivity contribution in [2.45, 2.75) is 27.3 Å². The van der Waals surface area contributed by atoms with Gasteiger partial charge in [-0.15, -0.1) is 5.10 Å². The van der Waals surface area contributed by atoms with Gasteiger partial charge in [-0.05, 0) is 37.1 Å². The number of hydrogen-bond acceptors (Lipinski definition) is 5. The fourth-order valence-corrected chi connectivity index (χ4v) is 2.64. The highest BCUT2D eigenvalue weighted by Crippen LogP contribution is 2.28. The zero-order chi connectivity index (χ0) is 16.6. The molecule has 0 aliphatic carbocycles. The van der Waals surface area contributed by atoms with Gasteiger partial charge in [0.1, 0.15) is 5.75 Å². The van der Waals surface area contributed by atoms with Gasteiger partial charge in [0.05, 0.1) is 26.0 Å². The Morgan fingerprint density at radius 2 is 2.04 bits per heavy atom. The van der Waals surface area contributed by atoms with Gasteiger partial charge in [0.25, 0.3) is 5.91 Å². The van der Waals surface area contributed by atoms with Gasteiger partial charge >= 0.3 is 0 Å². The Hall–Kier alpha value is -2.41. The number of aromatic hydroxyl groups is 1. The van der Waals surface area contributed by atoms with Crippen molar-refractivity contribution in [3.05, 3.63) is 35.2 Å². The van der Waals surface area contributed by atoms with E-state index in [1.54, 1.807) is 36.9 Å². The normalized spacial score (nSPS) is 16.0. The first-order valence-corrected chi connectivity index (χ1v) is 7.46. The largest absolute Gasteiger partial charge is 0.507 e. The third-order valence-corrected chi connectivity index (χ3v) is 3.96. The van der Waals surface area contributed by atoms with Crippen LogP contribution < -0.4 is 5.32 Å². The summed E-state index contributed by atoms with van der Waals surface area (Å²) in [6.45, 7) is 7.75. The quantitative estimate of drug-likeness (QED) is 0.841. The highest BCUT2D eigenvalue weighted by Gasteiger charge is 2.34. The fourth-order valence-electron chi connectivity index (χ4n) is 2.64. The van der Waals surface area contributed by atoms with Crippen LogP contribution in [0.1, 0.15) is 28.5 Å². The van der Waals surface area contributed by atoms with Gasteiger partial charge in [-0.2, -0.15) is 0 Å². The van der Waals surface area contributed by atoms with E-state index in [0.29, 0.717) is 36.6 Å². The smallest absolute Gasteiger partial charge is 0.277 e. The molecule has 1 aromatic heterocycles. The second-order valence-corrected chi connectivity index (χ2v) is 6.52. The lowest BCUT2D eigenvalue weighted by atomic mass is 9.89. The molecule has 1 aliphatic rings. The average molecular weight is 316 g/mol. The van der Waals surface area contributed by atoms with Crippen LogP contribution in [0.5, 0.6) is 5.75 Å². The summed E-state index contributed by atoms with van der Waals surface area (Å²) in [5.74, 6) is -0.0827. The van der Waals surface area contributed by atoms with Gasteiger partial charge < -0.3 is 15.2 Å². The summed E-state index contributed by atoms with van der Waals surface area (Å²) in [5, 5.41) is 20.5. The molecule has 0 saturated carbocycles. The van der Waals surface area contributed by atoms with E-state index < -0.39 is 0 Å². The van der Waals surface area contributed by atoms with Crippen LogP contribution in [0.4, 0.5) is 5.69 Å². The van der Waals surface area contributed by atoms with Crippen LogP contribution in [0.3, 0.4) is 0 Å². The Kier molecular flexibility index (Phi) is 3.81. The Morgan fingerprint density at radius 3 is 2.61 bits per heavy atom. The van der Waals surface area contributed by atoms with Crippen LogP contribution in [0.25, 0.3) is 0 Å². The van der Waals surface area contributed by atoms with Crippen LogP contribution in [0, 0.1) is 19.3 Å². The minimum Gasteiger partial charge on any atom is -0.507 e. The molecule has 2 heterocycles. The molecule has 0 bridgehead atoms. The molecular formula is C16H20N4O3. The zero-order valence-corrected chi connectivity index (χ0v) is 13.5. The predicted octanol–water partition coefficient (Wildman–Crippen LogP) is 1.89. The number of aromatic nitrogens is 3. The van der Waals surface area contributed by atoms with Crippen molar-refractivity contribution in [3.8, 4) is 5.75 Å². The summed E-state index contributed by atoms with van der Waals surface area (Å²) >= 11 is 0. The van der Waals surface area contributed by atoms with Crippen molar-refractivity contribution < 1.29 is 14.6 Å².